The summed E-state index contributed by atoms with van der Waals surface area (Å²) in [6.07, 6.45) is 0. The standard InChI is InChI=1S/C13H12BrF2NOS/c1-17-13(10-3-4-11(14)19-10)12-8(15)5-7(18-2)6-9(12)16/h3-6,13,17H,1-2H3. The number of nitrogens with one attached hydrogen (secondary N) is 1. The summed E-state index contributed by atoms with van der Waals surface area (Å²) in [7, 11) is 3.04. The predicted octanol–water partition coefficient (Wildman–Crippen LogP) is 4.11. The second-order valence-corrected chi connectivity index (χ2v) is 6.36. The Labute approximate surface area is 122 Å². The lowest BCUT2D eigenvalue weighted by molar-refractivity contribution is 0.403. The first-order chi connectivity index (χ1) is 9.06. The Morgan fingerprint density at radius 1 is 1.26 bits per heavy atom. The summed E-state index contributed by atoms with van der Waals surface area (Å²) in [5, 5.41) is 2.94. The molecule has 1 heterocycles. The van der Waals surface area contributed by atoms with Gasteiger partial charge in [0.05, 0.1) is 16.9 Å². The maximum atomic E-state index is 14.1. The van der Waals surface area contributed by atoms with E-state index in [0.717, 1.165) is 8.66 Å². The van der Waals surface area contributed by atoms with Crippen molar-refractivity contribution in [3.8, 4) is 5.75 Å². The van der Waals surface area contributed by atoms with Crippen molar-refractivity contribution in [3.63, 3.8) is 0 Å². The van der Waals surface area contributed by atoms with Gasteiger partial charge in [-0.15, -0.1) is 11.3 Å². The van der Waals surface area contributed by atoms with Crippen LogP contribution < -0.4 is 10.1 Å². The maximum absolute atomic E-state index is 14.1. The van der Waals surface area contributed by atoms with Crippen LogP contribution in [0.5, 0.6) is 5.75 Å². The van der Waals surface area contributed by atoms with Crippen molar-refractivity contribution >= 4 is 27.3 Å². The van der Waals surface area contributed by atoms with Gasteiger partial charge in [0.1, 0.15) is 17.4 Å². The topological polar surface area (TPSA) is 21.3 Å². The van der Waals surface area contributed by atoms with Crippen molar-refractivity contribution in [2.75, 3.05) is 14.2 Å². The van der Waals surface area contributed by atoms with Crippen LogP contribution >= 0.6 is 27.3 Å². The van der Waals surface area contributed by atoms with Crippen LogP contribution in [0.1, 0.15) is 16.5 Å². The highest BCUT2D eigenvalue weighted by atomic mass is 79.9. The van der Waals surface area contributed by atoms with E-state index in [2.05, 4.69) is 21.2 Å². The van der Waals surface area contributed by atoms with Crippen molar-refractivity contribution in [1.29, 1.82) is 0 Å². The Kier molecular flexibility index (Phi) is 4.54. The molecule has 2 aromatic rings. The second-order valence-electron chi connectivity index (χ2n) is 3.87. The zero-order valence-electron chi connectivity index (χ0n) is 10.3. The molecule has 0 fully saturated rings. The Bertz CT molecular complexity index is 565. The van der Waals surface area contributed by atoms with Crippen LogP contribution in [0, 0.1) is 11.6 Å². The Balaban J connectivity index is 2.49. The monoisotopic (exact) mass is 347 g/mol. The van der Waals surface area contributed by atoms with Gasteiger partial charge in [-0.25, -0.2) is 8.78 Å². The van der Waals surface area contributed by atoms with E-state index in [1.54, 1.807) is 7.05 Å². The van der Waals surface area contributed by atoms with Crippen LogP contribution in [0.15, 0.2) is 28.1 Å². The first kappa shape index (κ1) is 14.4. The first-order valence-corrected chi connectivity index (χ1v) is 7.13. The van der Waals surface area contributed by atoms with Crippen molar-refractivity contribution in [2.24, 2.45) is 0 Å². The zero-order chi connectivity index (χ0) is 14.0. The molecule has 0 bridgehead atoms. The van der Waals surface area contributed by atoms with Crippen molar-refractivity contribution < 1.29 is 13.5 Å². The number of thiophene rings is 1. The minimum Gasteiger partial charge on any atom is -0.497 e. The second kappa shape index (κ2) is 5.98. The average Bonchev–Trinajstić information content (AvgIpc) is 2.79. The van der Waals surface area contributed by atoms with E-state index in [1.165, 1.54) is 30.6 Å². The molecular weight excluding hydrogens is 336 g/mol. The highest BCUT2D eigenvalue weighted by molar-refractivity contribution is 9.11. The molecule has 2 nitrogen and oxygen atoms in total. The number of benzene rings is 1. The summed E-state index contributed by atoms with van der Waals surface area (Å²) < 4.78 is 33.9. The highest BCUT2D eigenvalue weighted by Crippen LogP contribution is 2.34. The molecule has 1 atom stereocenters. The molecule has 19 heavy (non-hydrogen) atoms. The molecule has 1 unspecified atom stereocenters. The molecule has 1 N–H and O–H groups in total. The van der Waals surface area contributed by atoms with Gasteiger partial charge in [-0.1, -0.05) is 0 Å². The average molecular weight is 348 g/mol. The van der Waals surface area contributed by atoms with E-state index in [4.69, 9.17) is 4.74 Å². The molecule has 2 rings (SSSR count). The number of methoxy groups -OCH3 is 1. The van der Waals surface area contributed by atoms with Crippen molar-refractivity contribution in [1.82, 2.24) is 5.32 Å². The molecule has 0 saturated carbocycles. The highest BCUT2D eigenvalue weighted by Gasteiger charge is 2.23. The minimum atomic E-state index is -0.624. The van der Waals surface area contributed by atoms with Crippen LogP contribution in [-0.4, -0.2) is 14.2 Å². The molecule has 0 spiro atoms. The number of rotatable bonds is 4. The summed E-state index contributed by atoms with van der Waals surface area (Å²) >= 11 is 4.78. The van der Waals surface area contributed by atoms with E-state index < -0.39 is 17.7 Å². The molecule has 0 radical (unpaired) electrons. The van der Waals surface area contributed by atoms with E-state index in [0.29, 0.717) is 0 Å². The normalized spacial score (nSPS) is 12.5. The molecule has 0 aliphatic heterocycles. The van der Waals surface area contributed by atoms with Crippen LogP contribution in [0.3, 0.4) is 0 Å². The fourth-order valence-electron chi connectivity index (χ4n) is 1.87. The van der Waals surface area contributed by atoms with Gasteiger partial charge in [-0.3, -0.25) is 0 Å². The number of ether oxygens (including phenoxy) is 1. The van der Waals surface area contributed by atoms with Gasteiger partial charge in [0.25, 0.3) is 0 Å². The smallest absolute Gasteiger partial charge is 0.134 e. The fraction of sp³-hybridized carbons (Fsp3) is 0.231. The molecule has 1 aromatic heterocycles. The Morgan fingerprint density at radius 3 is 2.32 bits per heavy atom. The van der Waals surface area contributed by atoms with Gasteiger partial charge in [0.15, 0.2) is 0 Å². The number of hydrogen-bond acceptors (Lipinski definition) is 3. The fourth-order valence-corrected chi connectivity index (χ4v) is 3.41. The number of halogens is 3. The van der Waals surface area contributed by atoms with E-state index in [9.17, 15) is 8.78 Å². The third-order valence-corrected chi connectivity index (χ3v) is 4.43. The summed E-state index contributed by atoms with van der Waals surface area (Å²) in [5.74, 6) is -1.08. The minimum absolute atomic E-state index is 0.00218. The number of hydrogen-bond donors (Lipinski definition) is 1. The summed E-state index contributed by atoms with van der Waals surface area (Å²) in [6.45, 7) is 0. The van der Waals surface area contributed by atoms with E-state index in [1.807, 2.05) is 12.1 Å². The van der Waals surface area contributed by atoms with Crippen LogP contribution in [0.2, 0.25) is 0 Å². The van der Waals surface area contributed by atoms with Crippen LogP contribution in [-0.2, 0) is 0 Å². The van der Waals surface area contributed by atoms with Crippen molar-refractivity contribution in [3.05, 3.63) is 50.1 Å². The van der Waals surface area contributed by atoms with Gasteiger partial charge in [0, 0.05) is 22.6 Å². The third-order valence-electron chi connectivity index (χ3n) is 2.74. The lowest BCUT2D eigenvalue weighted by Gasteiger charge is -2.17. The van der Waals surface area contributed by atoms with E-state index >= 15 is 0 Å². The van der Waals surface area contributed by atoms with Gasteiger partial charge in [0.2, 0.25) is 0 Å². The summed E-state index contributed by atoms with van der Waals surface area (Å²) in [6, 6.07) is 5.53. The quantitative estimate of drug-likeness (QED) is 0.898. The molecule has 0 saturated heterocycles. The molecule has 1 aromatic carbocycles. The summed E-state index contributed by atoms with van der Waals surface area (Å²) in [5.41, 5.74) is -0.00218. The maximum Gasteiger partial charge on any atom is 0.134 e. The molecule has 0 aliphatic rings. The lowest BCUT2D eigenvalue weighted by atomic mass is 10.0. The molecule has 0 amide bonds. The molecule has 6 heteroatoms. The zero-order valence-corrected chi connectivity index (χ0v) is 12.7. The Morgan fingerprint density at radius 2 is 1.89 bits per heavy atom. The van der Waals surface area contributed by atoms with Gasteiger partial charge in [-0.05, 0) is 35.1 Å². The molecule has 0 aliphatic carbocycles. The van der Waals surface area contributed by atoms with Gasteiger partial charge >= 0.3 is 0 Å². The molecular formula is C13H12BrF2NOS. The third kappa shape index (κ3) is 2.96. The SMILES string of the molecule is CNC(c1ccc(Br)s1)c1c(F)cc(OC)cc1F. The lowest BCUT2D eigenvalue weighted by Crippen LogP contribution is -2.19. The van der Waals surface area contributed by atoms with Crippen molar-refractivity contribution in [2.45, 2.75) is 6.04 Å². The van der Waals surface area contributed by atoms with Crippen LogP contribution in [0.4, 0.5) is 8.78 Å². The predicted molar refractivity (Wildman–Crippen MR) is 75.8 cm³/mol. The van der Waals surface area contributed by atoms with Crippen LogP contribution in [0.25, 0.3) is 0 Å². The van der Waals surface area contributed by atoms with E-state index in [-0.39, 0.29) is 11.3 Å². The molecule has 102 valence electrons. The Hall–Kier alpha value is -0.980. The first-order valence-electron chi connectivity index (χ1n) is 5.52. The van der Waals surface area contributed by atoms with Gasteiger partial charge in [-0.2, -0.15) is 0 Å². The largest absolute Gasteiger partial charge is 0.497 e. The summed E-state index contributed by atoms with van der Waals surface area (Å²) in [4.78, 5) is 0.831. The van der Waals surface area contributed by atoms with Gasteiger partial charge < -0.3 is 10.1 Å².